The molecular formula is C20H36O4. The molecule has 4 unspecified atom stereocenters. The minimum absolute atomic E-state index is 0.118. The Bertz CT molecular complexity index is 380. The molecule has 1 aliphatic carbocycles. The summed E-state index contributed by atoms with van der Waals surface area (Å²) in [5.74, 6) is -1.56. The first kappa shape index (κ1) is 21.0. The third-order valence-electron chi connectivity index (χ3n) is 5.28. The lowest BCUT2D eigenvalue weighted by Gasteiger charge is -2.29. The standard InChI is InChI=1S/C20H36O4/c1-4-6-7-11-16(10-5-2)14-15(3)24-20(23)18-13-9-8-12-17(18)19(21)22/h15-18H,4-14H2,1-3H3,(H,21,22). The molecule has 140 valence electrons. The van der Waals surface area contributed by atoms with Crippen molar-refractivity contribution in [2.45, 2.75) is 97.5 Å². The molecule has 0 bridgehead atoms. The highest BCUT2D eigenvalue weighted by Crippen LogP contribution is 2.32. The van der Waals surface area contributed by atoms with E-state index in [1.165, 1.54) is 32.1 Å². The molecule has 4 atom stereocenters. The largest absolute Gasteiger partial charge is 0.481 e. The average molecular weight is 341 g/mol. The number of hydrogen-bond acceptors (Lipinski definition) is 3. The maximum absolute atomic E-state index is 12.4. The summed E-state index contributed by atoms with van der Waals surface area (Å²) in [6.07, 6.45) is 11.1. The van der Waals surface area contributed by atoms with Crippen molar-refractivity contribution >= 4 is 11.9 Å². The van der Waals surface area contributed by atoms with E-state index in [9.17, 15) is 14.7 Å². The quantitative estimate of drug-likeness (QED) is 0.415. The van der Waals surface area contributed by atoms with Crippen LogP contribution in [0.1, 0.15) is 91.4 Å². The highest BCUT2D eigenvalue weighted by atomic mass is 16.5. The highest BCUT2D eigenvalue weighted by Gasteiger charge is 2.37. The van der Waals surface area contributed by atoms with Gasteiger partial charge in [0, 0.05) is 0 Å². The Labute approximate surface area is 147 Å². The molecule has 24 heavy (non-hydrogen) atoms. The lowest BCUT2D eigenvalue weighted by Crippen LogP contribution is -2.35. The van der Waals surface area contributed by atoms with Crippen LogP contribution in [0.5, 0.6) is 0 Å². The minimum Gasteiger partial charge on any atom is -0.481 e. The van der Waals surface area contributed by atoms with Gasteiger partial charge in [-0.1, -0.05) is 65.2 Å². The van der Waals surface area contributed by atoms with Crippen molar-refractivity contribution in [1.82, 2.24) is 0 Å². The fourth-order valence-electron chi connectivity index (χ4n) is 3.98. The van der Waals surface area contributed by atoms with Gasteiger partial charge in [-0.2, -0.15) is 0 Å². The topological polar surface area (TPSA) is 63.6 Å². The minimum atomic E-state index is -0.854. The first-order chi connectivity index (χ1) is 11.5. The molecule has 0 radical (unpaired) electrons. The molecule has 0 heterocycles. The number of esters is 1. The molecule has 4 heteroatoms. The molecule has 1 fully saturated rings. The van der Waals surface area contributed by atoms with Crippen LogP contribution in [-0.2, 0) is 14.3 Å². The van der Waals surface area contributed by atoms with Crippen molar-refractivity contribution in [3.63, 3.8) is 0 Å². The zero-order chi connectivity index (χ0) is 17.9. The van der Waals surface area contributed by atoms with Crippen LogP contribution in [0.3, 0.4) is 0 Å². The van der Waals surface area contributed by atoms with Gasteiger partial charge >= 0.3 is 11.9 Å². The Kier molecular flexibility index (Phi) is 10.0. The maximum Gasteiger partial charge on any atom is 0.310 e. The smallest absolute Gasteiger partial charge is 0.310 e. The number of unbranched alkanes of at least 4 members (excludes halogenated alkanes) is 2. The molecule has 0 aromatic heterocycles. The number of hydrogen-bond donors (Lipinski definition) is 1. The van der Waals surface area contributed by atoms with Gasteiger partial charge in [0.05, 0.1) is 17.9 Å². The predicted molar refractivity (Wildman–Crippen MR) is 95.8 cm³/mol. The van der Waals surface area contributed by atoms with E-state index >= 15 is 0 Å². The summed E-state index contributed by atoms with van der Waals surface area (Å²) in [6, 6.07) is 0. The zero-order valence-corrected chi connectivity index (χ0v) is 15.8. The Morgan fingerprint density at radius 1 is 1.04 bits per heavy atom. The Morgan fingerprint density at radius 2 is 1.71 bits per heavy atom. The van der Waals surface area contributed by atoms with Gasteiger partial charge in [0.15, 0.2) is 0 Å². The van der Waals surface area contributed by atoms with Crippen LogP contribution in [0.4, 0.5) is 0 Å². The zero-order valence-electron chi connectivity index (χ0n) is 15.8. The molecule has 0 saturated heterocycles. The van der Waals surface area contributed by atoms with E-state index in [0.29, 0.717) is 18.8 Å². The summed E-state index contributed by atoms with van der Waals surface area (Å²) in [6.45, 7) is 6.37. The first-order valence-corrected chi connectivity index (χ1v) is 9.92. The number of carbonyl (C=O) groups is 2. The maximum atomic E-state index is 12.4. The normalized spacial score (nSPS) is 23.5. The molecule has 1 saturated carbocycles. The van der Waals surface area contributed by atoms with E-state index < -0.39 is 17.8 Å². The monoisotopic (exact) mass is 340 g/mol. The number of aliphatic carboxylic acids is 1. The number of carbonyl (C=O) groups excluding carboxylic acids is 1. The Morgan fingerprint density at radius 3 is 2.29 bits per heavy atom. The molecule has 1 rings (SSSR count). The average Bonchev–Trinajstić information content (AvgIpc) is 2.55. The fourth-order valence-corrected chi connectivity index (χ4v) is 3.98. The molecule has 0 aromatic carbocycles. The van der Waals surface area contributed by atoms with E-state index in [-0.39, 0.29) is 12.1 Å². The Balaban J connectivity index is 2.49. The molecule has 1 N–H and O–H groups in total. The molecule has 0 aromatic rings. The van der Waals surface area contributed by atoms with E-state index in [4.69, 9.17) is 4.74 Å². The first-order valence-electron chi connectivity index (χ1n) is 9.92. The summed E-state index contributed by atoms with van der Waals surface area (Å²) >= 11 is 0. The molecule has 0 aliphatic heterocycles. The lowest BCUT2D eigenvalue weighted by molar-refractivity contribution is -0.163. The van der Waals surface area contributed by atoms with Gasteiger partial charge in [0.25, 0.3) is 0 Å². The van der Waals surface area contributed by atoms with Crippen molar-refractivity contribution in [2.24, 2.45) is 17.8 Å². The molecule has 0 amide bonds. The summed E-state index contributed by atoms with van der Waals surface area (Å²) in [5.41, 5.74) is 0. The number of ether oxygens (including phenoxy) is 1. The molecular weight excluding hydrogens is 304 g/mol. The highest BCUT2D eigenvalue weighted by molar-refractivity contribution is 5.81. The second-order valence-corrected chi connectivity index (χ2v) is 7.47. The van der Waals surface area contributed by atoms with Crippen molar-refractivity contribution in [2.75, 3.05) is 0 Å². The number of carboxylic acids is 1. The number of carboxylic acid groups (broad SMARTS) is 1. The van der Waals surface area contributed by atoms with Crippen LogP contribution in [0.15, 0.2) is 0 Å². The van der Waals surface area contributed by atoms with E-state index in [1.54, 1.807) is 0 Å². The number of rotatable bonds is 11. The van der Waals surface area contributed by atoms with Crippen LogP contribution in [0, 0.1) is 17.8 Å². The van der Waals surface area contributed by atoms with Crippen molar-refractivity contribution in [3.05, 3.63) is 0 Å². The molecule has 1 aliphatic rings. The second-order valence-electron chi connectivity index (χ2n) is 7.47. The summed E-state index contributed by atoms with van der Waals surface area (Å²) < 4.78 is 5.65. The van der Waals surface area contributed by atoms with E-state index in [0.717, 1.165) is 25.7 Å². The van der Waals surface area contributed by atoms with Gasteiger partial charge in [-0.3, -0.25) is 9.59 Å². The SMILES string of the molecule is CCCCCC(CCC)CC(C)OC(=O)C1CCCCC1C(=O)O. The van der Waals surface area contributed by atoms with Crippen molar-refractivity contribution in [3.8, 4) is 0 Å². The fraction of sp³-hybridized carbons (Fsp3) is 0.900. The van der Waals surface area contributed by atoms with Gasteiger partial charge in [0.2, 0.25) is 0 Å². The van der Waals surface area contributed by atoms with Crippen LogP contribution < -0.4 is 0 Å². The third kappa shape index (κ3) is 7.23. The van der Waals surface area contributed by atoms with Gasteiger partial charge in [-0.25, -0.2) is 0 Å². The van der Waals surface area contributed by atoms with Crippen LogP contribution in [0.25, 0.3) is 0 Å². The summed E-state index contributed by atoms with van der Waals surface area (Å²) in [5, 5.41) is 9.32. The predicted octanol–water partition coefficient (Wildman–Crippen LogP) is 5.20. The van der Waals surface area contributed by atoms with Gasteiger partial charge in [-0.15, -0.1) is 0 Å². The summed E-state index contributed by atoms with van der Waals surface area (Å²) in [4.78, 5) is 23.8. The van der Waals surface area contributed by atoms with Crippen molar-refractivity contribution < 1.29 is 19.4 Å². The van der Waals surface area contributed by atoms with Crippen molar-refractivity contribution in [1.29, 1.82) is 0 Å². The lowest BCUT2D eigenvalue weighted by atomic mass is 9.79. The second kappa shape index (κ2) is 11.5. The van der Waals surface area contributed by atoms with Crippen LogP contribution in [-0.4, -0.2) is 23.1 Å². The van der Waals surface area contributed by atoms with Crippen LogP contribution in [0.2, 0.25) is 0 Å². The van der Waals surface area contributed by atoms with Gasteiger partial charge < -0.3 is 9.84 Å². The van der Waals surface area contributed by atoms with Crippen LogP contribution >= 0.6 is 0 Å². The van der Waals surface area contributed by atoms with Gasteiger partial charge in [-0.05, 0) is 32.1 Å². The summed E-state index contributed by atoms with van der Waals surface area (Å²) in [7, 11) is 0. The molecule has 0 spiro atoms. The molecule has 4 nitrogen and oxygen atoms in total. The Hall–Kier alpha value is -1.06. The third-order valence-corrected chi connectivity index (χ3v) is 5.28. The van der Waals surface area contributed by atoms with Gasteiger partial charge in [0.1, 0.15) is 0 Å². The van der Waals surface area contributed by atoms with E-state index in [1.807, 2.05) is 6.92 Å². The van der Waals surface area contributed by atoms with E-state index in [2.05, 4.69) is 13.8 Å².